The molecule has 1 aliphatic carbocycles. The Kier molecular flexibility index (Phi) is 4.06. The van der Waals surface area contributed by atoms with Crippen molar-refractivity contribution in [3.63, 3.8) is 0 Å². The Morgan fingerprint density at radius 3 is 2.62 bits per heavy atom. The van der Waals surface area contributed by atoms with E-state index in [0.29, 0.717) is 30.6 Å². The number of nitriles is 1. The number of fused-ring (bicyclic) bond motifs is 3. The van der Waals surface area contributed by atoms with Crippen LogP contribution in [0.15, 0.2) is 24.3 Å². The second-order valence-corrected chi connectivity index (χ2v) is 8.76. The van der Waals surface area contributed by atoms with Gasteiger partial charge < -0.3 is 14.5 Å². The van der Waals surface area contributed by atoms with Gasteiger partial charge >= 0.3 is 5.97 Å². The van der Waals surface area contributed by atoms with Gasteiger partial charge in [0, 0.05) is 19.3 Å². The van der Waals surface area contributed by atoms with Crippen molar-refractivity contribution >= 4 is 23.5 Å². The zero-order chi connectivity index (χ0) is 21.2. The number of ether oxygens (including phenoxy) is 1. The van der Waals surface area contributed by atoms with Crippen LogP contribution in [-0.2, 0) is 24.5 Å². The van der Waals surface area contributed by atoms with Crippen molar-refractivity contribution in [1.29, 1.82) is 5.26 Å². The average molecular weight is 395 g/mol. The van der Waals surface area contributed by atoms with E-state index in [0.717, 1.165) is 0 Å². The van der Waals surface area contributed by atoms with E-state index >= 15 is 0 Å². The third-order valence-electron chi connectivity index (χ3n) is 7.36. The summed E-state index contributed by atoms with van der Waals surface area (Å²) in [5.41, 5.74) is -2.14. The summed E-state index contributed by atoms with van der Waals surface area (Å²) in [6.07, 6.45) is 1.48. The second kappa shape index (κ2) is 6.06. The summed E-state index contributed by atoms with van der Waals surface area (Å²) in [5, 5.41) is 10.1. The molecule has 0 aromatic heterocycles. The highest BCUT2D eigenvalue weighted by Gasteiger charge is 2.80. The lowest BCUT2D eigenvalue weighted by atomic mass is 9.34. The summed E-state index contributed by atoms with van der Waals surface area (Å²) in [6.45, 7) is 3.94. The van der Waals surface area contributed by atoms with Crippen LogP contribution in [0.5, 0.6) is 0 Å². The number of likely N-dealkylation sites (tertiary alicyclic amines) is 1. The molecule has 0 spiro atoms. The maximum atomic E-state index is 14.2. The van der Waals surface area contributed by atoms with Crippen LogP contribution in [0.1, 0.15) is 38.7 Å². The quantitative estimate of drug-likeness (QED) is 0.715. The molecule has 1 aromatic carbocycles. The Morgan fingerprint density at radius 1 is 1.28 bits per heavy atom. The first-order valence-electron chi connectivity index (χ1n) is 9.87. The van der Waals surface area contributed by atoms with Crippen molar-refractivity contribution in [2.75, 3.05) is 25.6 Å². The Bertz CT molecular complexity index is 969. The number of carbonyl (C=O) groups is 3. The Morgan fingerprint density at radius 2 is 1.97 bits per heavy atom. The van der Waals surface area contributed by atoms with Gasteiger partial charge in [-0.05, 0) is 44.7 Å². The van der Waals surface area contributed by atoms with E-state index in [-0.39, 0.29) is 18.2 Å². The first-order chi connectivity index (χ1) is 13.7. The van der Waals surface area contributed by atoms with Gasteiger partial charge in [0.15, 0.2) is 0 Å². The van der Waals surface area contributed by atoms with E-state index in [1.807, 2.05) is 18.2 Å². The highest BCUT2D eigenvalue weighted by molar-refractivity contribution is 6.12. The molecule has 29 heavy (non-hydrogen) atoms. The number of hydrogen-bond acceptors (Lipinski definition) is 5. The number of benzene rings is 1. The largest absolute Gasteiger partial charge is 0.467 e. The van der Waals surface area contributed by atoms with Crippen molar-refractivity contribution in [2.45, 2.75) is 44.6 Å². The lowest BCUT2D eigenvalue weighted by Crippen LogP contribution is -2.78. The van der Waals surface area contributed by atoms with Gasteiger partial charge in [0.05, 0.1) is 24.0 Å². The molecule has 0 unspecified atom stereocenters. The number of rotatable bonds is 2. The second-order valence-electron chi connectivity index (χ2n) is 8.76. The number of anilines is 1. The SMILES string of the molecule is COC(=O)[C@@H]1CCCN1C(=O)[C@]12c3ccccc3N(C)C(=O)[C@@]1(C)C[C@@]2(C)C#N. The molecule has 0 bridgehead atoms. The van der Waals surface area contributed by atoms with Crippen LogP contribution < -0.4 is 4.90 Å². The first-order valence-corrected chi connectivity index (χ1v) is 9.87. The Balaban J connectivity index is 1.97. The third kappa shape index (κ3) is 2.04. The minimum atomic E-state index is -1.34. The summed E-state index contributed by atoms with van der Waals surface area (Å²) in [7, 11) is 3.01. The molecule has 7 heteroatoms. The fraction of sp³-hybridized carbons (Fsp3) is 0.545. The van der Waals surface area contributed by atoms with Crippen molar-refractivity contribution in [1.82, 2.24) is 4.90 Å². The van der Waals surface area contributed by atoms with Gasteiger partial charge in [-0.15, -0.1) is 0 Å². The van der Waals surface area contributed by atoms with E-state index < -0.39 is 28.3 Å². The van der Waals surface area contributed by atoms with E-state index in [1.54, 1.807) is 31.9 Å². The maximum Gasteiger partial charge on any atom is 0.328 e. The molecule has 4 atom stereocenters. The molecule has 1 saturated carbocycles. The molecular formula is C22H25N3O4. The molecular weight excluding hydrogens is 370 g/mol. The summed E-state index contributed by atoms with van der Waals surface area (Å²) in [6, 6.07) is 8.96. The maximum absolute atomic E-state index is 14.2. The number of amides is 2. The van der Waals surface area contributed by atoms with E-state index in [9.17, 15) is 19.6 Å². The summed E-state index contributed by atoms with van der Waals surface area (Å²) in [5.74, 6) is -0.956. The van der Waals surface area contributed by atoms with Crippen LogP contribution in [0.25, 0.3) is 0 Å². The molecule has 0 N–H and O–H groups in total. The number of nitrogens with zero attached hydrogens (tertiary/aromatic N) is 3. The number of para-hydroxylation sites is 1. The smallest absolute Gasteiger partial charge is 0.328 e. The van der Waals surface area contributed by atoms with E-state index in [4.69, 9.17) is 4.74 Å². The zero-order valence-electron chi connectivity index (χ0n) is 17.2. The van der Waals surface area contributed by atoms with Gasteiger partial charge in [-0.25, -0.2) is 4.79 Å². The molecule has 1 saturated heterocycles. The van der Waals surface area contributed by atoms with Crippen LogP contribution in [-0.4, -0.2) is 49.4 Å². The highest BCUT2D eigenvalue weighted by atomic mass is 16.5. The molecule has 4 rings (SSSR count). The topological polar surface area (TPSA) is 90.7 Å². The van der Waals surface area contributed by atoms with Gasteiger partial charge in [-0.3, -0.25) is 9.59 Å². The number of hydrogen-bond donors (Lipinski definition) is 0. The van der Waals surface area contributed by atoms with Gasteiger partial charge in [-0.1, -0.05) is 18.2 Å². The van der Waals surface area contributed by atoms with Crippen LogP contribution >= 0.6 is 0 Å². The summed E-state index contributed by atoms with van der Waals surface area (Å²) in [4.78, 5) is 43.1. The highest BCUT2D eigenvalue weighted by Crippen LogP contribution is 2.72. The van der Waals surface area contributed by atoms with Crippen molar-refractivity contribution in [2.24, 2.45) is 10.8 Å². The van der Waals surface area contributed by atoms with Gasteiger partial charge in [0.2, 0.25) is 11.8 Å². The Labute approximate surface area is 170 Å². The molecule has 2 fully saturated rings. The normalized spacial score (nSPS) is 35.3. The fourth-order valence-corrected chi connectivity index (χ4v) is 6.18. The van der Waals surface area contributed by atoms with Gasteiger partial charge in [-0.2, -0.15) is 5.26 Å². The van der Waals surface area contributed by atoms with Crippen LogP contribution in [0.4, 0.5) is 5.69 Å². The predicted octanol–water partition coefficient (Wildman–Crippen LogP) is 2.00. The number of esters is 1. The molecule has 2 amide bonds. The first kappa shape index (κ1) is 19.4. The monoisotopic (exact) mass is 395 g/mol. The van der Waals surface area contributed by atoms with Crippen molar-refractivity contribution in [3.05, 3.63) is 29.8 Å². The van der Waals surface area contributed by atoms with Crippen molar-refractivity contribution < 1.29 is 19.1 Å². The molecule has 152 valence electrons. The van der Waals surface area contributed by atoms with Crippen LogP contribution in [0.3, 0.4) is 0 Å². The lowest BCUT2D eigenvalue weighted by molar-refractivity contribution is -0.182. The minimum absolute atomic E-state index is 0.175. The van der Waals surface area contributed by atoms with Gasteiger partial charge in [0.25, 0.3) is 0 Å². The predicted molar refractivity (Wildman–Crippen MR) is 105 cm³/mol. The standard InChI is InChI=1S/C22H25N3O4/c1-20(13-23)12-21(2)18(27)24(3)15-9-6-5-8-14(15)22(20,21)19(28)25-11-7-10-16(25)17(26)29-4/h5-6,8-9,16H,7,10-12H2,1-4H3/t16-,20-,21+,22-/m0/s1. The number of carbonyl (C=O) groups excluding carboxylic acids is 3. The van der Waals surface area contributed by atoms with Crippen molar-refractivity contribution in [3.8, 4) is 6.07 Å². The third-order valence-corrected chi connectivity index (χ3v) is 7.36. The van der Waals surface area contributed by atoms with Crippen LogP contribution in [0, 0.1) is 22.2 Å². The average Bonchev–Trinajstić information content (AvgIpc) is 3.21. The molecule has 1 aromatic rings. The summed E-state index contributed by atoms with van der Waals surface area (Å²) < 4.78 is 4.92. The molecule has 2 aliphatic heterocycles. The fourth-order valence-electron chi connectivity index (χ4n) is 6.18. The van der Waals surface area contributed by atoms with Crippen LogP contribution in [0.2, 0.25) is 0 Å². The Hall–Kier alpha value is -2.88. The molecule has 2 heterocycles. The zero-order valence-corrected chi connectivity index (χ0v) is 17.2. The minimum Gasteiger partial charge on any atom is -0.467 e. The van der Waals surface area contributed by atoms with E-state index in [2.05, 4.69) is 6.07 Å². The van der Waals surface area contributed by atoms with Gasteiger partial charge in [0.1, 0.15) is 11.5 Å². The lowest BCUT2D eigenvalue weighted by Gasteiger charge is -2.67. The molecule has 7 nitrogen and oxygen atoms in total. The summed E-state index contributed by atoms with van der Waals surface area (Å²) >= 11 is 0. The molecule has 0 radical (unpaired) electrons. The van der Waals surface area contributed by atoms with E-state index in [1.165, 1.54) is 12.0 Å². The molecule has 3 aliphatic rings. The number of methoxy groups -OCH3 is 1.